The van der Waals surface area contributed by atoms with Gasteiger partial charge in [0, 0.05) is 18.1 Å². The Bertz CT molecular complexity index is 892. The Kier molecular flexibility index (Phi) is 5.62. The number of aromatic nitrogens is 3. The maximum atomic E-state index is 12.8. The van der Waals surface area contributed by atoms with E-state index in [1.807, 2.05) is 0 Å². The molecule has 1 unspecified atom stereocenters. The second-order valence-corrected chi connectivity index (χ2v) is 5.43. The van der Waals surface area contributed by atoms with Crippen molar-refractivity contribution in [3.8, 4) is 5.88 Å². The highest BCUT2D eigenvalue weighted by Crippen LogP contribution is 2.29. The molecule has 0 aliphatic carbocycles. The number of hydrogen-bond donors (Lipinski definition) is 2. The molecule has 11 heteroatoms. The molecule has 2 N–H and O–H groups in total. The minimum absolute atomic E-state index is 0.0181. The smallest absolute Gasteiger partial charge is 0.435 e. The van der Waals surface area contributed by atoms with Crippen LogP contribution in [0.4, 0.5) is 13.2 Å². The molecule has 27 heavy (non-hydrogen) atoms. The largest absolute Gasteiger partial charge is 0.480 e. The fourth-order valence-electron chi connectivity index (χ4n) is 2.38. The van der Waals surface area contributed by atoms with E-state index in [1.54, 1.807) is 0 Å². The lowest BCUT2D eigenvalue weighted by Crippen LogP contribution is -2.24. The Balaban J connectivity index is 2.48. The number of ether oxygens (including phenoxy) is 2. The molecule has 2 rings (SSSR count). The van der Waals surface area contributed by atoms with Crippen molar-refractivity contribution in [3.05, 3.63) is 40.8 Å². The van der Waals surface area contributed by atoms with Gasteiger partial charge in [-0.1, -0.05) is 0 Å². The zero-order valence-corrected chi connectivity index (χ0v) is 14.6. The van der Waals surface area contributed by atoms with Gasteiger partial charge in [-0.3, -0.25) is 5.41 Å². The average Bonchev–Trinajstić information content (AvgIpc) is 3.03. The maximum absolute atomic E-state index is 12.8. The van der Waals surface area contributed by atoms with Crippen LogP contribution in [-0.2, 0) is 10.9 Å². The molecule has 0 aliphatic heterocycles. The zero-order chi connectivity index (χ0) is 20.4. The Morgan fingerprint density at radius 2 is 2.00 bits per heavy atom. The fraction of sp³-hybridized carbons (Fsp3) is 0.312. The summed E-state index contributed by atoms with van der Waals surface area (Å²) in [6, 6.07) is 2.12. The molecule has 2 heterocycles. The summed E-state index contributed by atoms with van der Waals surface area (Å²) < 4.78 is 49.0. The number of nitrogens with one attached hydrogen (secondary N) is 2. The van der Waals surface area contributed by atoms with Crippen LogP contribution in [0.2, 0.25) is 0 Å². The summed E-state index contributed by atoms with van der Waals surface area (Å²) in [6.45, 7) is 1.37. The Hall–Kier alpha value is -3.24. The third kappa shape index (κ3) is 3.96. The van der Waals surface area contributed by atoms with E-state index in [-0.39, 0.29) is 22.7 Å². The normalized spacial score (nSPS) is 12.4. The van der Waals surface area contributed by atoms with Crippen molar-refractivity contribution in [1.82, 2.24) is 14.8 Å². The summed E-state index contributed by atoms with van der Waals surface area (Å²) in [5.74, 6) is -2.26. The molecule has 8 nitrogen and oxygen atoms in total. The number of hydrogen-bond acceptors (Lipinski definition) is 7. The summed E-state index contributed by atoms with van der Waals surface area (Å²) in [7, 11) is 2.46. The molecule has 0 radical (unpaired) electrons. The van der Waals surface area contributed by atoms with Gasteiger partial charge in [-0.05, 0) is 24.6 Å². The maximum Gasteiger partial charge on any atom is 0.435 e. The van der Waals surface area contributed by atoms with Gasteiger partial charge in [0.25, 0.3) is 0 Å². The van der Waals surface area contributed by atoms with Crippen molar-refractivity contribution in [2.24, 2.45) is 0 Å². The van der Waals surface area contributed by atoms with Crippen molar-refractivity contribution >= 4 is 18.0 Å². The van der Waals surface area contributed by atoms with Gasteiger partial charge in [-0.2, -0.15) is 18.3 Å². The molecule has 0 fully saturated rings. The molecule has 0 aliphatic rings. The Morgan fingerprint density at radius 3 is 2.48 bits per heavy atom. The molecular formula is C16H16F3N5O3. The first kappa shape index (κ1) is 20.1. The number of carbonyl (C=O) groups excluding carboxylic acids is 1. The van der Waals surface area contributed by atoms with E-state index in [4.69, 9.17) is 15.6 Å². The quantitative estimate of drug-likeness (QED) is 0.468. The van der Waals surface area contributed by atoms with Crippen LogP contribution in [0.25, 0.3) is 0 Å². The number of methoxy groups -OCH3 is 2. The highest BCUT2D eigenvalue weighted by molar-refractivity contribution is 6.01. The van der Waals surface area contributed by atoms with E-state index in [1.165, 1.54) is 26.3 Å². The van der Waals surface area contributed by atoms with Crippen molar-refractivity contribution < 1.29 is 27.4 Å². The summed E-state index contributed by atoms with van der Waals surface area (Å²) in [5.41, 5.74) is -0.879. The number of alkyl halides is 3. The Morgan fingerprint density at radius 1 is 1.33 bits per heavy atom. The van der Waals surface area contributed by atoms with E-state index in [0.717, 1.165) is 24.1 Å². The number of esters is 1. The van der Waals surface area contributed by atoms with Crippen LogP contribution in [0.1, 0.15) is 33.2 Å². The van der Waals surface area contributed by atoms with Crippen LogP contribution in [-0.4, -0.2) is 47.0 Å². The topological polar surface area (TPSA) is 114 Å². The summed E-state index contributed by atoms with van der Waals surface area (Å²) in [5, 5.41) is 19.2. The van der Waals surface area contributed by atoms with E-state index < -0.39 is 29.6 Å². The van der Waals surface area contributed by atoms with Crippen LogP contribution in [0.3, 0.4) is 0 Å². The molecule has 0 amide bonds. The van der Waals surface area contributed by atoms with Crippen LogP contribution >= 0.6 is 0 Å². The van der Waals surface area contributed by atoms with E-state index in [2.05, 4.69) is 14.8 Å². The van der Waals surface area contributed by atoms with E-state index in [0.29, 0.717) is 0 Å². The van der Waals surface area contributed by atoms with Crippen molar-refractivity contribution in [2.75, 3.05) is 14.2 Å². The predicted molar refractivity (Wildman–Crippen MR) is 88.7 cm³/mol. The van der Waals surface area contributed by atoms with Gasteiger partial charge in [0.05, 0.1) is 20.1 Å². The second-order valence-electron chi connectivity index (χ2n) is 5.43. The number of carbonyl (C=O) groups is 1. The molecule has 0 bridgehead atoms. The molecule has 0 aromatic carbocycles. The summed E-state index contributed by atoms with van der Waals surface area (Å²) in [4.78, 5) is 15.8. The highest BCUT2D eigenvalue weighted by atomic mass is 19.4. The standard InChI is InChI=1S/C16H16F3N5O3/c1-8-4-12(16(17,18)19)23-24(8)13(21)11(6-20)9-5-10(15(25)27-3)14(26-2)22-7-9/h4-7,11,20-21H,1-3H3. The SMILES string of the molecule is COC(=O)c1cc(C(C=N)C(=N)n2nc(C(F)(F)F)cc2C)cnc1OC. The van der Waals surface area contributed by atoms with Crippen molar-refractivity contribution in [1.29, 1.82) is 10.8 Å². The van der Waals surface area contributed by atoms with Crippen LogP contribution in [0.15, 0.2) is 18.3 Å². The van der Waals surface area contributed by atoms with Crippen LogP contribution < -0.4 is 4.74 Å². The lowest BCUT2D eigenvalue weighted by atomic mass is 9.99. The number of rotatable bonds is 5. The van der Waals surface area contributed by atoms with Crippen LogP contribution in [0, 0.1) is 17.7 Å². The molecular weight excluding hydrogens is 367 g/mol. The number of halogens is 3. The first-order chi connectivity index (χ1) is 12.6. The van der Waals surface area contributed by atoms with Gasteiger partial charge in [-0.25, -0.2) is 14.5 Å². The van der Waals surface area contributed by atoms with Gasteiger partial charge in [-0.15, -0.1) is 0 Å². The summed E-state index contributed by atoms with van der Waals surface area (Å²) in [6.07, 6.45) is -2.55. The van der Waals surface area contributed by atoms with Gasteiger partial charge in [0.1, 0.15) is 11.4 Å². The molecule has 144 valence electrons. The van der Waals surface area contributed by atoms with E-state index >= 15 is 0 Å². The molecule has 1 atom stereocenters. The lowest BCUT2D eigenvalue weighted by Gasteiger charge is -2.16. The highest BCUT2D eigenvalue weighted by Gasteiger charge is 2.35. The minimum Gasteiger partial charge on any atom is -0.480 e. The van der Waals surface area contributed by atoms with E-state index in [9.17, 15) is 18.0 Å². The fourth-order valence-corrected chi connectivity index (χ4v) is 2.38. The Labute approximate surface area is 151 Å². The van der Waals surface area contributed by atoms with Gasteiger partial charge in [0.15, 0.2) is 5.69 Å². The van der Waals surface area contributed by atoms with Crippen molar-refractivity contribution in [2.45, 2.75) is 19.0 Å². The minimum atomic E-state index is -4.66. The monoisotopic (exact) mass is 383 g/mol. The van der Waals surface area contributed by atoms with Crippen LogP contribution in [0.5, 0.6) is 5.88 Å². The molecule has 2 aromatic rings. The molecule has 0 saturated heterocycles. The second kappa shape index (κ2) is 7.56. The first-order valence-corrected chi connectivity index (χ1v) is 7.49. The average molecular weight is 383 g/mol. The number of aryl methyl sites for hydroxylation is 1. The predicted octanol–water partition coefficient (Wildman–Crippen LogP) is 2.66. The molecule has 2 aromatic heterocycles. The zero-order valence-electron chi connectivity index (χ0n) is 14.6. The van der Waals surface area contributed by atoms with Gasteiger partial charge < -0.3 is 14.9 Å². The summed E-state index contributed by atoms with van der Waals surface area (Å²) >= 11 is 0. The molecule has 0 spiro atoms. The third-order valence-corrected chi connectivity index (χ3v) is 3.70. The van der Waals surface area contributed by atoms with Gasteiger partial charge in [0.2, 0.25) is 5.88 Å². The van der Waals surface area contributed by atoms with Gasteiger partial charge >= 0.3 is 12.1 Å². The molecule has 0 saturated carbocycles. The first-order valence-electron chi connectivity index (χ1n) is 7.49. The number of pyridine rings is 1. The van der Waals surface area contributed by atoms with Crippen molar-refractivity contribution in [3.63, 3.8) is 0 Å². The lowest BCUT2D eigenvalue weighted by molar-refractivity contribution is -0.141. The number of nitrogens with zero attached hydrogens (tertiary/aromatic N) is 3. The third-order valence-electron chi connectivity index (χ3n) is 3.70.